The van der Waals surface area contributed by atoms with Crippen molar-refractivity contribution in [2.75, 3.05) is 0 Å². The quantitative estimate of drug-likeness (QED) is 0.499. The Bertz CT molecular complexity index is 176. The van der Waals surface area contributed by atoms with E-state index in [1.807, 2.05) is 11.3 Å². The Kier molecular flexibility index (Phi) is 4.97. The molecule has 0 spiro atoms. The summed E-state index contributed by atoms with van der Waals surface area (Å²) >= 11 is 1.83. The Morgan fingerprint density at radius 2 is 2.00 bits per heavy atom. The van der Waals surface area contributed by atoms with Crippen LogP contribution in [0, 0.1) is 0 Å². The second kappa shape index (κ2) is 4.38. The molecule has 1 heterocycles. The largest absolute Gasteiger partial charge is 1.00 e. The van der Waals surface area contributed by atoms with E-state index >= 15 is 0 Å². The van der Waals surface area contributed by atoms with Crippen molar-refractivity contribution < 1.29 is 52.8 Å². The summed E-state index contributed by atoms with van der Waals surface area (Å²) in [6.07, 6.45) is 0. The van der Waals surface area contributed by atoms with E-state index in [4.69, 9.17) is 0 Å². The normalized spacial score (nSPS) is 10.7. The van der Waals surface area contributed by atoms with Gasteiger partial charge in [0.05, 0.1) is 0 Å². The summed E-state index contributed by atoms with van der Waals surface area (Å²) in [7, 11) is 0. The van der Waals surface area contributed by atoms with E-state index in [2.05, 4.69) is 38.3 Å². The molecule has 2 heteroatoms. The molecule has 0 nitrogen and oxygen atoms in total. The van der Waals surface area contributed by atoms with Gasteiger partial charge in [0.2, 0.25) is 0 Å². The number of hydrogen-bond donors (Lipinski definition) is 0. The van der Waals surface area contributed by atoms with E-state index in [9.17, 15) is 0 Å². The van der Waals surface area contributed by atoms with Crippen LogP contribution in [0.1, 0.15) is 27.1 Å². The number of thiophene rings is 1. The minimum absolute atomic E-state index is 0. The van der Waals surface area contributed by atoms with Crippen molar-refractivity contribution in [2.45, 2.75) is 26.2 Å². The summed E-state index contributed by atoms with van der Waals surface area (Å²) in [6.45, 7) is 6.70. The second-order valence-corrected chi connectivity index (χ2v) is 4.17. The van der Waals surface area contributed by atoms with Crippen molar-refractivity contribution in [3.05, 3.63) is 22.4 Å². The van der Waals surface area contributed by atoms with Crippen molar-refractivity contribution >= 4 is 11.3 Å². The first-order valence-electron chi connectivity index (χ1n) is 3.15. The van der Waals surface area contributed by atoms with Crippen LogP contribution < -0.4 is 51.4 Å². The van der Waals surface area contributed by atoms with Crippen LogP contribution in [0.2, 0.25) is 0 Å². The summed E-state index contributed by atoms with van der Waals surface area (Å²) in [5.74, 6) is 0. The third-order valence-corrected chi connectivity index (χ3v) is 2.56. The average molecular weight is 180 g/mol. The summed E-state index contributed by atoms with van der Waals surface area (Å²) in [5.41, 5.74) is 0.341. The summed E-state index contributed by atoms with van der Waals surface area (Å²) in [5, 5.41) is 2.13. The van der Waals surface area contributed by atoms with Crippen LogP contribution in [0.3, 0.4) is 0 Å². The average Bonchev–Trinajstić information content (AvgIpc) is 2.08. The van der Waals surface area contributed by atoms with Gasteiger partial charge in [0, 0.05) is 4.88 Å². The van der Waals surface area contributed by atoms with Gasteiger partial charge in [0.1, 0.15) is 0 Å². The molecule has 1 rings (SSSR count). The van der Waals surface area contributed by atoms with Crippen LogP contribution in [0.5, 0.6) is 0 Å². The van der Waals surface area contributed by atoms with E-state index in [1.54, 1.807) is 0 Å². The molecule has 0 atom stereocenters. The molecular formula is C8H13KS. The fraction of sp³-hybridized carbons (Fsp3) is 0.500. The number of rotatable bonds is 0. The van der Waals surface area contributed by atoms with Gasteiger partial charge in [-0.2, -0.15) is 0 Å². The van der Waals surface area contributed by atoms with Crippen molar-refractivity contribution in [1.29, 1.82) is 0 Å². The molecule has 0 aliphatic rings. The molecule has 10 heavy (non-hydrogen) atoms. The first-order chi connectivity index (χ1) is 4.11. The van der Waals surface area contributed by atoms with Gasteiger partial charge in [-0.3, -0.25) is 0 Å². The predicted octanol–water partition coefficient (Wildman–Crippen LogP) is 0.162. The Labute approximate surface area is 111 Å². The van der Waals surface area contributed by atoms with Crippen LogP contribution >= 0.6 is 11.3 Å². The first kappa shape index (κ1) is 11.3. The zero-order valence-electron chi connectivity index (χ0n) is 8.14. The molecule has 1 aromatic heterocycles. The van der Waals surface area contributed by atoms with E-state index in [0.29, 0.717) is 5.41 Å². The van der Waals surface area contributed by atoms with Gasteiger partial charge in [0.25, 0.3) is 0 Å². The van der Waals surface area contributed by atoms with E-state index in [-0.39, 0.29) is 52.8 Å². The molecular weight excluding hydrogens is 167 g/mol. The van der Waals surface area contributed by atoms with Crippen molar-refractivity contribution in [2.24, 2.45) is 0 Å². The Hall–Kier alpha value is 1.34. The summed E-state index contributed by atoms with van der Waals surface area (Å²) in [4.78, 5) is 1.46. The molecule has 0 aromatic carbocycles. The molecule has 0 aliphatic heterocycles. The van der Waals surface area contributed by atoms with E-state index < -0.39 is 0 Å². The maximum absolute atomic E-state index is 2.23. The molecule has 0 radical (unpaired) electrons. The smallest absolute Gasteiger partial charge is 1.00 e. The van der Waals surface area contributed by atoms with Gasteiger partial charge >= 0.3 is 51.4 Å². The van der Waals surface area contributed by atoms with Gasteiger partial charge in [-0.25, -0.2) is 0 Å². The third-order valence-electron chi connectivity index (χ3n) is 1.26. The van der Waals surface area contributed by atoms with Crippen molar-refractivity contribution in [3.63, 3.8) is 0 Å². The third kappa shape index (κ3) is 3.16. The van der Waals surface area contributed by atoms with Crippen molar-refractivity contribution in [3.8, 4) is 0 Å². The second-order valence-electron chi connectivity index (χ2n) is 3.23. The maximum atomic E-state index is 2.23. The molecule has 0 saturated heterocycles. The van der Waals surface area contributed by atoms with E-state index in [1.165, 1.54) is 4.88 Å². The molecule has 0 fully saturated rings. The fourth-order valence-electron chi connectivity index (χ4n) is 0.705. The maximum Gasteiger partial charge on any atom is 1.00 e. The summed E-state index contributed by atoms with van der Waals surface area (Å²) < 4.78 is 0. The van der Waals surface area contributed by atoms with Gasteiger partial charge < -0.3 is 1.43 Å². The van der Waals surface area contributed by atoms with Gasteiger partial charge in [-0.15, -0.1) is 11.3 Å². The predicted molar refractivity (Wildman–Crippen MR) is 44.1 cm³/mol. The van der Waals surface area contributed by atoms with Crippen molar-refractivity contribution in [1.82, 2.24) is 0 Å². The van der Waals surface area contributed by atoms with Gasteiger partial charge in [0.15, 0.2) is 0 Å². The van der Waals surface area contributed by atoms with Crippen LogP contribution in [-0.2, 0) is 5.41 Å². The van der Waals surface area contributed by atoms with Crippen LogP contribution in [0.15, 0.2) is 17.5 Å². The molecule has 0 amide bonds. The SMILES string of the molecule is CC(C)(C)c1cccs1.[H-].[K+]. The minimum Gasteiger partial charge on any atom is -1.00 e. The standard InChI is InChI=1S/C8H12S.K.H/c1-8(2,3)7-5-4-6-9-7;;/h4-6H,1-3H3;;/q;+1;-1. The Morgan fingerprint density at radius 1 is 1.40 bits per heavy atom. The van der Waals surface area contributed by atoms with Crippen LogP contribution in [-0.4, -0.2) is 0 Å². The van der Waals surface area contributed by atoms with Crippen LogP contribution in [0.25, 0.3) is 0 Å². The van der Waals surface area contributed by atoms with Crippen LogP contribution in [0.4, 0.5) is 0 Å². The molecule has 0 saturated carbocycles. The Morgan fingerprint density at radius 3 is 2.20 bits per heavy atom. The topological polar surface area (TPSA) is 0 Å². The molecule has 0 unspecified atom stereocenters. The zero-order chi connectivity index (χ0) is 6.91. The Balaban J connectivity index is 0. The van der Waals surface area contributed by atoms with E-state index in [0.717, 1.165) is 0 Å². The molecule has 52 valence electrons. The minimum atomic E-state index is 0. The number of hydrogen-bond acceptors (Lipinski definition) is 1. The monoisotopic (exact) mass is 180 g/mol. The first-order valence-corrected chi connectivity index (χ1v) is 4.02. The molecule has 0 aliphatic carbocycles. The van der Waals surface area contributed by atoms with Gasteiger partial charge in [-0.1, -0.05) is 26.8 Å². The molecule has 0 N–H and O–H groups in total. The molecule has 1 aromatic rings. The molecule has 0 bridgehead atoms. The van der Waals surface area contributed by atoms with Gasteiger partial charge in [-0.05, 0) is 16.9 Å². The summed E-state index contributed by atoms with van der Waals surface area (Å²) in [6, 6.07) is 4.29. The fourth-order valence-corrected chi connectivity index (χ4v) is 1.52. The zero-order valence-corrected chi connectivity index (χ0v) is 11.1.